The molecule has 0 aliphatic heterocycles. The van der Waals surface area contributed by atoms with E-state index in [1.165, 1.54) is 315 Å². The van der Waals surface area contributed by atoms with Crippen LogP contribution in [0.3, 0.4) is 0 Å². The van der Waals surface area contributed by atoms with E-state index in [-0.39, 0.29) is 25.7 Å². The van der Waals surface area contributed by atoms with E-state index >= 15 is 0 Å². The second kappa shape index (κ2) is 82.6. The number of hydrogen-bond acceptors (Lipinski definition) is 15. The highest BCUT2D eigenvalue weighted by atomic mass is 31.2. The summed E-state index contributed by atoms with van der Waals surface area (Å²) in [6, 6.07) is 0. The van der Waals surface area contributed by atoms with Crippen LogP contribution in [0, 0.1) is 5.92 Å². The third kappa shape index (κ3) is 83.8. The lowest BCUT2D eigenvalue weighted by Gasteiger charge is -2.21. The maximum Gasteiger partial charge on any atom is 0.472 e. The molecule has 0 saturated heterocycles. The molecule has 648 valence electrons. The summed E-state index contributed by atoms with van der Waals surface area (Å²) in [5.74, 6) is -1.27. The van der Waals surface area contributed by atoms with Gasteiger partial charge in [-0.25, -0.2) is 9.13 Å². The first kappa shape index (κ1) is 107. The van der Waals surface area contributed by atoms with Crippen LogP contribution in [0.2, 0.25) is 0 Å². The molecule has 0 aromatic carbocycles. The highest BCUT2D eigenvalue weighted by Gasteiger charge is 2.31. The molecule has 0 fully saturated rings. The molecule has 19 heteroatoms. The summed E-state index contributed by atoms with van der Waals surface area (Å²) < 4.78 is 69.0. The van der Waals surface area contributed by atoms with Crippen LogP contribution in [0.4, 0.5) is 0 Å². The van der Waals surface area contributed by atoms with Crippen molar-refractivity contribution in [2.75, 3.05) is 39.6 Å². The average molecular weight is 1590 g/mol. The number of phosphoric acid groups is 2. The molecule has 0 aromatic heterocycles. The van der Waals surface area contributed by atoms with Crippen LogP contribution in [0.1, 0.15) is 490 Å². The number of aliphatic hydroxyl groups is 1. The van der Waals surface area contributed by atoms with Crippen LogP contribution in [0.25, 0.3) is 0 Å². The molecule has 0 aliphatic rings. The van der Waals surface area contributed by atoms with Crippen molar-refractivity contribution in [2.24, 2.45) is 5.92 Å². The summed E-state index contributed by atoms with van der Waals surface area (Å²) in [6.45, 7) is 7.42. The Balaban J connectivity index is 5.21. The Labute approximate surface area is 670 Å². The van der Waals surface area contributed by atoms with Crippen molar-refractivity contribution in [2.45, 2.75) is 509 Å². The van der Waals surface area contributed by atoms with E-state index in [0.717, 1.165) is 95.8 Å². The van der Waals surface area contributed by atoms with E-state index < -0.39 is 97.5 Å². The fourth-order valence-electron chi connectivity index (χ4n) is 14.2. The van der Waals surface area contributed by atoms with Crippen molar-refractivity contribution in [3.63, 3.8) is 0 Å². The first-order valence-corrected chi connectivity index (χ1v) is 49.6. The van der Waals surface area contributed by atoms with E-state index in [2.05, 4.69) is 34.6 Å². The number of ether oxygens (including phenoxy) is 4. The van der Waals surface area contributed by atoms with Crippen molar-refractivity contribution < 1.29 is 80.2 Å². The SMILES string of the molecule is CCCCCCCCCCCCCCCCCCCCCCCC(=O)OC[C@H](COP(=O)(O)OC[C@@H](O)COP(=O)(O)OC[C@@H](COC(=O)CCCCCCCCCCCC)OC(=O)CCCCCCCCCCCCCCCCCCC)OC(=O)CCCCCCCCCCCCCCCCCCCCC(C)C. The zero-order chi connectivity index (χ0) is 79.7. The third-order valence-electron chi connectivity index (χ3n) is 21.3. The molecule has 0 bridgehead atoms. The lowest BCUT2D eigenvalue weighted by atomic mass is 10.0. The molecule has 5 atom stereocenters. The number of aliphatic hydroxyl groups excluding tert-OH is 1. The van der Waals surface area contributed by atoms with Crippen molar-refractivity contribution in [1.29, 1.82) is 0 Å². The van der Waals surface area contributed by atoms with Crippen LogP contribution in [-0.4, -0.2) is 96.7 Å². The first-order chi connectivity index (χ1) is 53.0. The molecule has 0 saturated carbocycles. The minimum absolute atomic E-state index is 0.109. The highest BCUT2D eigenvalue weighted by Crippen LogP contribution is 2.45. The van der Waals surface area contributed by atoms with Gasteiger partial charge in [-0.1, -0.05) is 439 Å². The molecule has 0 amide bonds. The normalized spacial score (nSPS) is 13.7. The fourth-order valence-corrected chi connectivity index (χ4v) is 15.8. The molecule has 3 N–H and O–H groups in total. The van der Waals surface area contributed by atoms with Gasteiger partial charge in [-0.3, -0.25) is 37.3 Å². The fraction of sp³-hybridized carbons (Fsp3) is 0.956. The van der Waals surface area contributed by atoms with Crippen molar-refractivity contribution in [3.8, 4) is 0 Å². The van der Waals surface area contributed by atoms with Gasteiger partial charge < -0.3 is 33.8 Å². The van der Waals surface area contributed by atoms with Gasteiger partial charge in [0.25, 0.3) is 0 Å². The van der Waals surface area contributed by atoms with Crippen LogP contribution in [0.15, 0.2) is 0 Å². The topological polar surface area (TPSA) is 237 Å². The van der Waals surface area contributed by atoms with Crippen LogP contribution >= 0.6 is 15.6 Å². The van der Waals surface area contributed by atoms with Crippen molar-refractivity contribution >= 4 is 39.5 Å². The van der Waals surface area contributed by atoms with Crippen molar-refractivity contribution in [1.82, 2.24) is 0 Å². The van der Waals surface area contributed by atoms with Crippen LogP contribution in [0.5, 0.6) is 0 Å². The Morgan fingerprint density at radius 1 is 0.248 bits per heavy atom. The zero-order valence-corrected chi connectivity index (χ0v) is 73.5. The molecular formula is C90H176O17P2. The lowest BCUT2D eigenvalue weighted by Crippen LogP contribution is -2.30. The molecular weight excluding hydrogens is 1410 g/mol. The zero-order valence-electron chi connectivity index (χ0n) is 71.7. The largest absolute Gasteiger partial charge is 0.472 e. The summed E-state index contributed by atoms with van der Waals surface area (Å²) in [5.41, 5.74) is 0. The highest BCUT2D eigenvalue weighted by molar-refractivity contribution is 7.47. The van der Waals surface area contributed by atoms with Gasteiger partial charge in [0.2, 0.25) is 0 Å². The van der Waals surface area contributed by atoms with Gasteiger partial charge in [-0.2, -0.15) is 0 Å². The van der Waals surface area contributed by atoms with E-state index in [1.54, 1.807) is 0 Å². The van der Waals surface area contributed by atoms with Gasteiger partial charge in [0.15, 0.2) is 12.2 Å². The summed E-state index contributed by atoms with van der Waals surface area (Å²) in [4.78, 5) is 73.3. The standard InChI is InChI=1S/C90H176O17P2/c1-6-9-12-15-18-21-24-26-28-30-31-32-33-38-41-45-49-54-59-64-69-74-88(93)101-80-86(107-90(95)76-71-66-61-56-51-47-43-39-35-34-37-40-44-48-52-57-62-67-72-83(4)5)82-105-109(98,99)103-78-84(91)77-102-108(96,97)104-81-85(79-100-87(92)73-68-63-58-53-23-20-17-14-11-8-3)106-89(94)75-70-65-60-55-50-46-42-36-29-27-25-22-19-16-13-10-7-2/h83-86,91H,6-82H2,1-5H3,(H,96,97)(H,98,99)/t84-,85+,86+/m0/s1. The number of hydrogen-bond donors (Lipinski definition) is 3. The van der Waals surface area contributed by atoms with E-state index in [0.29, 0.717) is 25.7 Å². The van der Waals surface area contributed by atoms with Crippen LogP contribution < -0.4 is 0 Å². The van der Waals surface area contributed by atoms with E-state index in [1.807, 2.05) is 0 Å². The lowest BCUT2D eigenvalue weighted by molar-refractivity contribution is -0.161. The first-order valence-electron chi connectivity index (χ1n) is 46.6. The Bertz CT molecular complexity index is 2070. The minimum atomic E-state index is -4.97. The second-order valence-corrected chi connectivity index (χ2v) is 35.7. The van der Waals surface area contributed by atoms with E-state index in [4.69, 9.17) is 37.0 Å². The smallest absolute Gasteiger partial charge is 0.462 e. The number of carbonyl (C=O) groups excluding carboxylic acids is 4. The Morgan fingerprint density at radius 3 is 0.624 bits per heavy atom. The summed E-state index contributed by atoms with van der Waals surface area (Å²) in [6.07, 6.45) is 77.9. The average Bonchev–Trinajstić information content (AvgIpc) is 0.901. The Hall–Kier alpha value is -1.94. The van der Waals surface area contributed by atoms with Gasteiger partial charge >= 0.3 is 39.5 Å². The molecule has 17 nitrogen and oxygen atoms in total. The van der Waals surface area contributed by atoms with E-state index in [9.17, 15) is 43.2 Å². The predicted molar refractivity (Wildman–Crippen MR) is 451 cm³/mol. The monoisotopic (exact) mass is 1590 g/mol. The number of unbranched alkanes of at least 4 members (excludes halogenated alkanes) is 62. The summed E-state index contributed by atoms with van der Waals surface area (Å²) in [7, 11) is -9.93. The van der Waals surface area contributed by atoms with Gasteiger partial charge in [0, 0.05) is 25.7 Å². The Morgan fingerprint density at radius 2 is 0.422 bits per heavy atom. The molecule has 0 spiro atoms. The molecule has 0 heterocycles. The number of esters is 4. The van der Waals surface area contributed by atoms with Gasteiger partial charge in [0.05, 0.1) is 26.4 Å². The van der Waals surface area contributed by atoms with Gasteiger partial charge in [-0.15, -0.1) is 0 Å². The maximum absolute atomic E-state index is 13.2. The summed E-state index contributed by atoms with van der Waals surface area (Å²) in [5, 5.41) is 10.7. The summed E-state index contributed by atoms with van der Waals surface area (Å²) >= 11 is 0. The molecule has 0 aliphatic carbocycles. The van der Waals surface area contributed by atoms with Crippen LogP contribution in [-0.2, 0) is 65.4 Å². The number of carbonyl (C=O) groups is 4. The van der Waals surface area contributed by atoms with Crippen molar-refractivity contribution in [3.05, 3.63) is 0 Å². The molecule has 0 rings (SSSR count). The molecule has 0 radical (unpaired) electrons. The number of phosphoric ester groups is 2. The number of rotatable bonds is 90. The molecule has 109 heavy (non-hydrogen) atoms. The Kier molecular flexibility index (Phi) is 81.1. The third-order valence-corrected chi connectivity index (χ3v) is 23.2. The maximum atomic E-state index is 13.2. The minimum Gasteiger partial charge on any atom is -0.462 e. The quantitative estimate of drug-likeness (QED) is 0.0222. The molecule has 0 aromatic rings. The predicted octanol–water partition coefficient (Wildman–Crippen LogP) is 27.9. The molecule has 2 unspecified atom stereocenters. The van der Waals surface area contributed by atoms with Gasteiger partial charge in [-0.05, 0) is 31.6 Å². The van der Waals surface area contributed by atoms with Gasteiger partial charge in [0.1, 0.15) is 19.3 Å². The second-order valence-electron chi connectivity index (χ2n) is 32.8.